The van der Waals surface area contributed by atoms with Crippen molar-refractivity contribution in [3.8, 4) is 0 Å². The third-order valence-corrected chi connectivity index (χ3v) is 6.61. The Kier molecular flexibility index (Phi) is 5.21. The number of carboxylic acids is 1. The van der Waals surface area contributed by atoms with E-state index in [1.54, 1.807) is 32.2 Å². The molecule has 0 unspecified atom stereocenters. The number of piperazine rings is 1. The van der Waals surface area contributed by atoms with Gasteiger partial charge < -0.3 is 14.7 Å². The van der Waals surface area contributed by atoms with Crippen LogP contribution in [0, 0.1) is 0 Å². The molecule has 1 aliphatic rings. The van der Waals surface area contributed by atoms with Crippen LogP contribution in [0.25, 0.3) is 0 Å². The minimum absolute atomic E-state index is 0.0727. The van der Waals surface area contributed by atoms with Crippen LogP contribution in [0.5, 0.6) is 0 Å². The number of carboxylic acid groups (broad SMARTS) is 1. The molecule has 0 saturated carbocycles. The molecule has 1 saturated heterocycles. The Labute approximate surface area is 144 Å². The summed E-state index contributed by atoms with van der Waals surface area (Å²) >= 11 is 1.02. The van der Waals surface area contributed by atoms with E-state index in [1.807, 2.05) is 0 Å². The Balaban J connectivity index is 2.21. The standard InChI is InChI=1S/C14H20N2O6S2/c1-14(2,3)22-13(19)15-6-7-16(10(9-15)12(17)18)24(20,21)11-5-4-8-23-11/h4-5,8,10H,6-7,9H2,1-3H3,(H,17,18)/t10-/m0/s1. The number of aliphatic carboxylic acids is 1. The number of amides is 1. The number of hydrogen-bond acceptors (Lipinski definition) is 6. The zero-order valence-electron chi connectivity index (χ0n) is 13.6. The van der Waals surface area contributed by atoms with Crippen LogP contribution in [0.2, 0.25) is 0 Å². The predicted molar refractivity (Wildman–Crippen MR) is 87.4 cm³/mol. The molecule has 1 aromatic rings. The largest absolute Gasteiger partial charge is 0.480 e. The molecule has 8 nitrogen and oxygen atoms in total. The van der Waals surface area contributed by atoms with Gasteiger partial charge in [0.1, 0.15) is 15.9 Å². The summed E-state index contributed by atoms with van der Waals surface area (Å²) in [4.78, 5) is 24.9. The third kappa shape index (κ3) is 4.05. The van der Waals surface area contributed by atoms with Crippen LogP contribution < -0.4 is 0 Å². The average molecular weight is 376 g/mol. The molecule has 24 heavy (non-hydrogen) atoms. The molecule has 1 amide bonds. The van der Waals surface area contributed by atoms with Gasteiger partial charge in [0.15, 0.2) is 0 Å². The summed E-state index contributed by atoms with van der Waals surface area (Å²) in [5.74, 6) is -1.30. The Hall–Kier alpha value is -1.65. The van der Waals surface area contributed by atoms with Gasteiger partial charge in [-0.3, -0.25) is 4.79 Å². The first-order valence-electron chi connectivity index (χ1n) is 7.28. The second kappa shape index (κ2) is 6.69. The van der Waals surface area contributed by atoms with E-state index >= 15 is 0 Å². The molecule has 0 radical (unpaired) electrons. The molecule has 0 aromatic carbocycles. The molecule has 0 bridgehead atoms. The van der Waals surface area contributed by atoms with Crippen molar-refractivity contribution in [3.63, 3.8) is 0 Å². The SMILES string of the molecule is CC(C)(C)OC(=O)N1CCN(S(=O)(=O)c2cccs2)[C@H](C(=O)O)C1. The Morgan fingerprint density at radius 2 is 2.00 bits per heavy atom. The first-order valence-corrected chi connectivity index (χ1v) is 9.60. The highest BCUT2D eigenvalue weighted by atomic mass is 32.2. The first kappa shape index (κ1) is 18.7. The summed E-state index contributed by atoms with van der Waals surface area (Å²) in [6, 6.07) is 1.67. The van der Waals surface area contributed by atoms with E-state index < -0.39 is 33.7 Å². The number of carbonyl (C=O) groups is 2. The monoisotopic (exact) mass is 376 g/mol. The highest BCUT2D eigenvalue weighted by Crippen LogP contribution is 2.25. The topological polar surface area (TPSA) is 104 Å². The van der Waals surface area contributed by atoms with Gasteiger partial charge in [-0.15, -0.1) is 11.3 Å². The first-order chi connectivity index (χ1) is 11.0. The Morgan fingerprint density at radius 1 is 1.33 bits per heavy atom. The number of hydrogen-bond donors (Lipinski definition) is 1. The second-order valence-electron chi connectivity index (χ2n) is 6.33. The highest BCUT2D eigenvalue weighted by molar-refractivity contribution is 7.91. The zero-order valence-corrected chi connectivity index (χ0v) is 15.3. The molecular weight excluding hydrogens is 356 g/mol. The van der Waals surface area contributed by atoms with Crippen molar-refractivity contribution in [2.45, 2.75) is 36.6 Å². The summed E-state index contributed by atoms with van der Waals surface area (Å²) in [5, 5.41) is 11.0. The average Bonchev–Trinajstić information content (AvgIpc) is 2.99. The molecule has 1 atom stereocenters. The van der Waals surface area contributed by atoms with Gasteiger partial charge in [-0.25, -0.2) is 13.2 Å². The number of thiophene rings is 1. The lowest BCUT2D eigenvalue weighted by atomic mass is 10.2. The maximum Gasteiger partial charge on any atom is 0.410 e. The van der Waals surface area contributed by atoms with Crippen LogP contribution in [-0.4, -0.2) is 66.1 Å². The van der Waals surface area contributed by atoms with Gasteiger partial charge in [0, 0.05) is 13.1 Å². The van der Waals surface area contributed by atoms with Crippen molar-refractivity contribution in [2.24, 2.45) is 0 Å². The van der Waals surface area contributed by atoms with Gasteiger partial charge in [0.05, 0.1) is 6.54 Å². The molecule has 10 heteroatoms. The van der Waals surface area contributed by atoms with Gasteiger partial charge >= 0.3 is 12.1 Å². The van der Waals surface area contributed by atoms with Crippen molar-refractivity contribution in [3.05, 3.63) is 17.5 Å². The molecule has 134 valence electrons. The molecule has 2 heterocycles. The van der Waals surface area contributed by atoms with Crippen LogP contribution >= 0.6 is 11.3 Å². The minimum atomic E-state index is -3.90. The Morgan fingerprint density at radius 3 is 2.50 bits per heavy atom. The number of sulfonamides is 1. The molecule has 2 rings (SSSR count). The van der Waals surface area contributed by atoms with Crippen LogP contribution in [-0.2, 0) is 19.6 Å². The molecule has 0 aliphatic carbocycles. The molecule has 1 N–H and O–H groups in total. The van der Waals surface area contributed by atoms with Gasteiger partial charge in [-0.05, 0) is 32.2 Å². The van der Waals surface area contributed by atoms with E-state index in [4.69, 9.17) is 4.74 Å². The fourth-order valence-electron chi connectivity index (χ4n) is 2.27. The highest BCUT2D eigenvalue weighted by Gasteiger charge is 2.42. The summed E-state index contributed by atoms with van der Waals surface area (Å²) in [7, 11) is -3.90. The lowest BCUT2D eigenvalue weighted by Gasteiger charge is -2.38. The van der Waals surface area contributed by atoms with Crippen molar-refractivity contribution >= 4 is 33.4 Å². The fourth-order valence-corrected chi connectivity index (χ4v) is 4.96. The van der Waals surface area contributed by atoms with Crippen LogP contribution in [0.3, 0.4) is 0 Å². The van der Waals surface area contributed by atoms with Gasteiger partial charge in [-0.1, -0.05) is 6.07 Å². The van der Waals surface area contributed by atoms with Crippen molar-refractivity contribution in [1.82, 2.24) is 9.21 Å². The van der Waals surface area contributed by atoms with Crippen LogP contribution in [0.4, 0.5) is 4.79 Å². The quantitative estimate of drug-likeness (QED) is 0.856. The summed E-state index contributed by atoms with van der Waals surface area (Å²) in [6.45, 7) is 4.83. The Bertz CT molecular complexity index is 708. The second-order valence-corrected chi connectivity index (χ2v) is 9.39. The third-order valence-electron chi connectivity index (χ3n) is 3.33. The van der Waals surface area contributed by atoms with Crippen LogP contribution in [0.15, 0.2) is 21.7 Å². The van der Waals surface area contributed by atoms with Crippen molar-refractivity contribution in [2.75, 3.05) is 19.6 Å². The predicted octanol–water partition coefficient (Wildman–Crippen LogP) is 1.44. The van der Waals surface area contributed by atoms with E-state index in [2.05, 4.69) is 0 Å². The van der Waals surface area contributed by atoms with Crippen molar-refractivity contribution < 1.29 is 27.9 Å². The lowest BCUT2D eigenvalue weighted by Crippen LogP contribution is -2.59. The van der Waals surface area contributed by atoms with Gasteiger partial charge in [0.2, 0.25) is 0 Å². The van der Waals surface area contributed by atoms with Crippen molar-refractivity contribution in [1.29, 1.82) is 0 Å². The number of rotatable bonds is 3. The summed E-state index contributed by atoms with van der Waals surface area (Å²) < 4.78 is 31.5. The van der Waals surface area contributed by atoms with Crippen LogP contribution in [0.1, 0.15) is 20.8 Å². The number of nitrogens with zero attached hydrogens (tertiary/aromatic N) is 2. The van der Waals surface area contributed by atoms with Gasteiger partial charge in [-0.2, -0.15) is 4.31 Å². The van der Waals surface area contributed by atoms with E-state index in [1.165, 1.54) is 11.0 Å². The number of ether oxygens (including phenoxy) is 1. The fraction of sp³-hybridized carbons (Fsp3) is 0.571. The smallest absolute Gasteiger partial charge is 0.410 e. The molecule has 1 fully saturated rings. The van der Waals surface area contributed by atoms with E-state index in [9.17, 15) is 23.1 Å². The van der Waals surface area contributed by atoms with Gasteiger partial charge in [0.25, 0.3) is 10.0 Å². The molecule has 1 aromatic heterocycles. The summed E-state index contributed by atoms with van der Waals surface area (Å²) in [6.07, 6.45) is -0.651. The van der Waals surface area contributed by atoms with E-state index in [0.717, 1.165) is 15.6 Å². The van der Waals surface area contributed by atoms with E-state index in [-0.39, 0.29) is 23.8 Å². The maximum absolute atomic E-state index is 12.6. The molecule has 0 spiro atoms. The normalized spacial score (nSPS) is 20.0. The molecular formula is C14H20N2O6S2. The maximum atomic E-state index is 12.6. The lowest BCUT2D eigenvalue weighted by molar-refractivity contribution is -0.143. The molecule has 1 aliphatic heterocycles. The van der Waals surface area contributed by atoms with E-state index in [0.29, 0.717) is 0 Å². The minimum Gasteiger partial charge on any atom is -0.480 e. The zero-order chi connectivity index (χ0) is 18.1. The number of carbonyl (C=O) groups excluding carboxylic acids is 1. The summed E-state index contributed by atoms with van der Waals surface area (Å²) in [5.41, 5.74) is -0.712.